The average molecular weight is 229 g/mol. The molecule has 0 aliphatic carbocycles. The number of ether oxygens (including phenoxy) is 1. The van der Waals surface area contributed by atoms with Crippen LogP contribution in [0.25, 0.3) is 0 Å². The maximum atomic E-state index is 10.3. The van der Waals surface area contributed by atoms with Crippen molar-refractivity contribution >= 4 is 5.84 Å². The Labute approximate surface area is 97.1 Å². The summed E-state index contributed by atoms with van der Waals surface area (Å²) in [5.41, 5.74) is 4.69. The smallest absolute Gasteiger partial charge is 0.0905 e. The van der Waals surface area contributed by atoms with E-state index < -0.39 is 5.60 Å². The molecule has 0 aromatic rings. The van der Waals surface area contributed by atoms with E-state index in [1.165, 1.54) is 0 Å². The Morgan fingerprint density at radius 3 is 2.69 bits per heavy atom. The number of likely N-dealkylation sites (N-methyl/N-ethyl adjacent to an activating group) is 1. The predicted molar refractivity (Wildman–Crippen MR) is 63.6 cm³/mol. The first kappa shape index (κ1) is 13.4. The zero-order valence-electron chi connectivity index (χ0n) is 10.0. The van der Waals surface area contributed by atoms with Crippen molar-refractivity contribution in [1.29, 1.82) is 5.41 Å². The molecule has 0 spiro atoms. The Morgan fingerprint density at radius 1 is 1.50 bits per heavy atom. The maximum absolute atomic E-state index is 10.3. The summed E-state index contributed by atoms with van der Waals surface area (Å²) in [4.78, 5) is 2.11. The molecule has 0 radical (unpaired) electrons. The van der Waals surface area contributed by atoms with Gasteiger partial charge < -0.3 is 20.5 Å². The number of hydrogen-bond acceptors (Lipinski definition) is 4. The van der Waals surface area contributed by atoms with Crippen LogP contribution in [0.5, 0.6) is 0 Å². The van der Waals surface area contributed by atoms with Gasteiger partial charge in [0.2, 0.25) is 0 Å². The number of nitrogens with one attached hydrogen (secondary N) is 1. The van der Waals surface area contributed by atoms with Gasteiger partial charge in [-0.2, -0.15) is 0 Å². The third-order valence-electron chi connectivity index (χ3n) is 2.97. The maximum Gasteiger partial charge on any atom is 0.0905 e. The molecule has 5 heteroatoms. The van der Waals surface area contributed by atoms with Gasteiger partial charge in [0.1, 0.15) is 0 Å². The summed E-state index contributed by atoms with van der Waals surface area (Å²) in [6.07, 6.45) is 2.93. The highest BCUT2D eigenvalue weighted by atomic mass is 16.5. The van der Waals surface area contributed by atoms with E-state index in [1.807, 2.05) is 7.05 Å². The molecule has 1 saturated heterocycles. The molecule has 4 N–H and O–H groups in total. The first-order valence-electron chi connectivity index (χ1n) is 5.83. The van der Waals surface area contributed by atoms with Crippen LogP contribution in [-0.4, -0.2) is 54.8 Å². The minimum atomic E-state index is -0.594. The van der Waals surface area contributed by atoms with Crippen LogP contribution in [0.15, 0.2) is 0 Å². The molecule has 0 aromatic heterocycles. The fraction of sp³-hybridized carbons (Fsp3) is 0.909. The molecule has 1 rings (SSSR count). The van der Waals surface area contributed by atoms with Crippen molar-refractivity contribution in [1.82, 2.24) is 4.90 Å². The summed E-state index contributed by atoms with van der Waals surface area (Å²) in [6.45, 7) is 2.84. The molecule has 1 heterocycles. The lowest BCUT2D eigenvalue weighted by atomic mass is 9.94. The van der Waals surface area contributed by atoms with E-state index >= 15 is 0 Å². The van der Waals surface area contributed by atoms with Crippen LogP contribution in [0, 0.1) is 5.41 Å². The SMILES string of the molecule is CN(CCCC(=N)N)CC1(O)CCOCC1. The van der Waals surface area contributed by atoms with Crippen LogP contribution >= 0.6 is 0 Å². The highest BCUT2D eigenvalue weighted by Gasteiger charge is 2.30. The van der Waals surface area contributed by atoms with Gasteiger partial charge in [-0.25, -0.2) is 0 Å². The Hall–Kier alpha value is -0.650. The molecule has 0 saturated carbocycles. The highest BCUT2D eigenvalue weighted by molar-refractivity contribution is 5.76. The Balaban J connectivity index is 2.21. The highest BCUT2D eigenvalue weighted by Crippen LogP contribution is 2.21. The van der Waals surface area contributed by atoms with E-state index in [4.69, 9.17) is 15.9 Å². The molecule has 0 amide bonds. The van der Waals surface area contributed by atoms with Gasteiger partial charge in [0.25, 0.3) is 0 Å². The minimum Gasteiger partial charge on any atom is -0.388 e. The van der Waals surface area contributed by atoms with Crippen molar-refractivity contribution < 1.29 is 9.84 Å². The van der Waals surface area contributed by atoms with Crippen molar-refractivity contribution in [2.75, 3.05) is 33.4 Å². The Bertz CT molecular complexity index is 227. The van der Waals surface area contributed by atoms with Gasteiger partial charge in [-0.05, 0) is 20.0 Å². The Kier molecular flexibility index (Phi) is 5.18. The largest absolute Gasteiger partial charge is 0.388 e. The molecular formula is C11H23N3O2. The average Bonchev–Trinajstić information content (AvgIpc) is 2.17. The van der Waals surface area contributed by atoms with Gasteiger partial charge in [-0.15, -0.1) is 0 Å². The molecule has 0 atom stereocenters. The zero-order valence-corrected chi connectivity index (χ0v) is 10.0. The van der Waals surface area contributed by atoms with E-state index in [2.05, 4.69) is 4.90 Å². The normalized spacial score (nSPS) is 19.9. The lowest BCUT2D eigenvalue weighted by Gasteiger charge is -2.35. The molecule has 5 nitrogen and oxygen atoms in total. The first-order chi connectivity index (χ1) is 7.52. The number of hydrogen-bond donors (Lipinski definition) is 3. The summed E-state index contributed by atoms with van der Waals surface area (Å²) < 4.78 is 5.24. The minimum absolute atomic E-state index is 0.234. The van der Waals surface area contributed by atoms with Crippen LogP contribution in [-0.2, 0) is 4.74 Å². The number of nitrogens with two attached hydrogens (primary N) is 1. The summed E-state index contributed by atoms with van der Waals surface area (Å²) >= 11 is 0. The van der Waals surface area contributed by atoms with Gasteiger partial charge in [-0.3, -0.25) is 5.41 Å². The van der Waals surface area contributed by atoms with Crippen molar-refractivity contribution in [2.24, 2.45) is 5.73 Å². The molecule has 16 heavy (non-hydrogen) atoms. The van der Waals surface area contributed by atoms with E-state index in [1.54, 1.807) is 0 Å². The van der Waals surface area contributed by atoms with E-state index in [9.17, 15) is 5.11 Å². The van der Waals surface area contributed by atoms with Crippen LogP contribution in [0.2, 0.25) is 0 Å². The summed E-state index contributed by atoms with van der Waals surface area (Å²) in [6, 6.07) is 0. The van der Waals surface area contributed by atoms with Crippen molar-refractivity contribution in [3.8, 4) is 0 Å². The fourth-order valence-corrected chi connectivity index (χ4v) is 2.03. The molecule has 0 aromatic carbocycles. The second-order valence-corrected chi connectivity index (χ2v) is 4.70. The van der Waals surface area contributed by atoms with Gasteiger partial charge in [0.05, 0.1) is 11.4 Å². The zero-order chi connectivity index (χ0) is 12.0. The van der Waals surface area contributed by atoms with Gasteiger partial charge in [0, 0.05) is 39.0 Å². The van der Waals surface area contributed by atoms with Crippen LogP contribution in [0.4, 0.5) is 0 Å². The molecule has 0 bridgehead atoms. The monoisotopic (exact) mass is 229 g/mol. The van der Waals surface area contributed by atoms with Crippen LogP contribution < -0.4 is 5.73 Å². The third-order valence-corrected chi connectivity index (χ3v) is 2.97. The topological polar surface area (TPSA) is 82.6 Å². The van der Waals surface area contributed by atoms with E-state index in [-0.39, 0.29) is 5.84 Å². The molecule has 1 fully saturated rings. The number of amidine groups is 1. The second kappa shape index (κ2) is 6.18. The summed E-state index contributed by atoms with van der Waals surface area (Å²) in [5.74, 6) is 0.234. The number of rotatable bonds is 6. The number of nitrogens with zero attached hydrogens (tertiary/aromatic N) is 1. The van der Waals surface area contributed by atoms with Crippen LogP contribution in [0.1, 0.15) is 25.7 Å². The van der Waals surface area contributed by atoms with Crippen LogP contribution in [0.3, 0.4) is 0 Å². The van der Waals surface area contributed by atoms with Crippen molar-refractivity contribution in [3.63, 3.8) is 0 Å². The Morgan fingerprint density at radius 2 is 2.12 bits per heavy atom. The van der Waals surface area contributed by atoms with Gasteiger partial charge in [-0.1, -0.05) is 0 Å². The van der Waals surface area contributed by atoms with Crippen molar-refractivity contribution in [3.05, 3.63) is 0 Å². The molecule has 94 valence electrons. The summed E-state index contributed by atoms with van der Waals surface area (Å²) in [7, 11) is 1.99. The summed E-state index contributed by atoms with van der Waals surface area (Å²) in [5, 5.41) is 17.4. The van der Waals surface area contributed by atoms with Gasteiger partial charge >= 0.3 is 0 Å². The lowest BCUT2D eigenvalue weighted by molar-refractivity contribution is -0.0768. The number of aliphatic hydroxyl groups is 1. The van der Waals surface area contributed by atoms with E-state index in [0.29, 0.717) is 39.0 Å². The fourth-order valence-electron chi connectivity index (χ4n) is 2.03. The van der Waals surface area contributed by atoms with Crippen molar-refractivity contribution in [2.45, 2.75) is 31.3 Å². The quantitative estimate of drug-likeness (QED) is 0.448. The third kappa shape index (κ3) is 4.92. The standard InChI is InChI=1S/C11H23N3O2/c1-14(6-2-3-10(12)13)9-11(15)4-7-16-8-5-11/h15H,2-9H2,1H3,(H3,12,13). The lowest BCUT2D eigenvalue weighted by Crippen LogP contribution is -2.45. The molecule has 1 aliphatic heterocycles. The predicted octanol–water partition coefficient (Wildman–Crippen LogP) is 0.176. The van der Waals surface area contributed by atoms with E-state index in [0.717, 1.165) is 13.0 Å². The molecular weight excluding hydrogens is 206 g/mol. The second-order valence-electron chi connectivity index (χ2n) is 4.70. The molecule has 1 aliphatic rings. The van der Waals surface area contributed by atoms with Gasteiger partial charge in [0.15, 0.2) is 0 Å². The molecule has 0 unspecified atom stereocenters. The first-order valence-corrected chi connectivity index (χ1v) is 5.83.